The molecule has 3 atom stereocenters. The van der Waals surface area contributed by atoms with Crippen LogP contribution < -0.4 is 14.4 Å². The normalized spacial score (nSPS) is 24.6. The zero-order chi connectivity index (χ0) is 31.0. The van der Waals surface area contributed by atoms with Crippen LogP contribution >= 0.6 is 0 Å². The Balaban J connectivity index is 1.47. The quantitative estimate of drug-likeness (QED) is 0.208. The Morgan fingerprint density at radius 2 is 1.42 bits per heavy atom. The topological polar surface area (TPSA) is 21.7 Å². The predicted molar refractivity (Wildman–Crippen MR) is 187 cm³/mol. The lowest BCUT2D eigenvalue weighted by atomic mass is 9.47. The van der Waals surface area contributed by atoms with E-state index in [4.69, 9.17) is 9.47 Å². The molecule has 0 spiro atoms. The lowest BCUT2D eigenvalue weighted by molar-refractivity contribution is 0.155. The number of methoxy groups -OCH3 is 1. The summed E-state index contributed by atoms with van der Waals surface area (Å²) in [6.07, 6.45) is 9.53. The first-order valence-corrected chi connectivity index (χ1v) is 16.3. The second-order valence-electron chi connectivity index (χ2n) is 13.8. The first-order valence-electron chi connectivity index (χ1n) is 16.3. The fourth-order valence-corrected chi connectivity index (χ4v) is 8.80. The van der Waals surface area contributed by atoms with Crippen LogP contribution in [0.4, 0.5) is 5.69 Å². The maximum Gasteiger partial charge on any atom is 0.178 e. The van der Waals surface area contributed by atoms with E-state index in [1.807, 2.05) is 0 Å². The van der Waals surface area contributed by atoms with Crippen LogP contribution in [-0.4, -0.2) is 21.2 Å². The van der Waals surface area contributed by atoms with Crippen molar-refractivity contribution in [3.63, 3.8) is 0 Å². The molecule has 1 heterocycles. The lowest BCUT2D eigenvalue weighted by Crippen LogP contribution is -2.50. The number of fused-ring (bicyclic) bond motifs is 11. The fourth-order valence-electron chi connectivity index (χ4n) is 8.80. The molecule has 2 aliphatic carbocycles. The Kier molecular flexibility index (Phi) is 6.23. The van der Waals surface area contributed by atoms with Crippen LogP contribution in [-0.2, 0) is 16.4 Å². The SMILES string of the molecule is COc1ccc2c3c(c4c(c2c1)OC(c1ccccc1)(c1ccc(N(C)C)cc1)C=C4)C1(C)CCCCC1(C)c1ccccc1-3. The summed E-state index contributed by atoms with van der Waals surface area (Å²) in [4.78, 5) is 2.14. The fraction of sp³-hybridized carbons (Fsp3) is 0.286. The van der Waals surface area contributed by atoms with Gasteiger partial charge in [-0.1, -0.05) is 99.5 Å². The van der Waals surface area contributed by atoms with Gasteiger partial charge in [-0.05, 0) is 76.9 Å². The van der Waals surface area contributed by atoms with E-state index in [0.717, 1.165) is 40.1 Å². The number of rotatable bonds is 4. The van der Waals surface area contributed by atoms with Crippen LogP contribution in [0.1, 0.15) is 67.3 Å². The third-order valence-corrected chi connectivity index (χ3v) is 11.4. The molecule has 226 valence electrons. The standard InChI is InChI=1S/C42H41NO2/c1-40-24-11-12-25-41(40,2)38-34-23-26-42(28-13-7-6-8-14-28,29-17-19-30(20-18-29)43(3)4)45-39(34)35-27-31(44-5)21-22-32(35)37(38)33-15-9-10-16-36(33)40/h6-10,13-23,26-27H,11-12,24-25H2,1-5H3. The molecule has 8 rings (SSSR count). The number of nitrogens with zero attached hydrogens (tertiary/aromatic N) is 1. The molecule has 0 radical (unpaired) electrons. The van der Waals surface area contributed by atoms with Gasteiger partial charge < -0.3 is 14.4 Å². The summed E-state index contributed by atoms with van der Waals surface area (Å²) in [5.41, 5.74) is 9.45. The van der Waals surface area contributed by atoms with E-state index in [0.29, 0.717) is 0 Å². The lowest BCUT2D eigenvalue weighted by Gasteiger charge is -2.56. The van der Waals surface area contributed by atoms with Gasteiger partial charge in [-0.15, -0.1) is 0 Å². The molecule has 3 heteroatoms. The Morgan fingerprint density at radius 3 is 2.16 bits per heavy atom. The maximum atomic E-state index is 7.56. The van der Waals surface area contributed by atoms with Crippen LogP contribution in [0, 0.1) is 0 Å². The molecule has 3 aliphatic rings. The maximum absolute atomic E-state index is 7.56. The largest absolute Gasteiger partial charge is 0.497 e. The molecule has 0 N–H and O–H groups in total. The van der Waals surface area contributed by atoms with E-state index in [2.05, 4.69) is 142 Å². The van der Waals surface area contributed by atoms with Crippen LogP contribution in [0.25, 0.3) is 28.0 Å². The van der Waals surface area contributed by atoms with Crippen molar-refractivity contribution in [3.8, 4) is 22.6 Å². The number of benzene rings is 5. The first kappa shape index (κ1) is 28.0. The van der Waals surface area contributed by atoms with Gasteiger partial charge in [-0.2, -0.15) is 0 Å². The minimum atomic E-state index is -0.785. The number of ether oxygens (including phenoxy) is 2. The van der Waals surface area contributed by atoms with Gasteiger partial charge in [0, 0.05) is 52.7 Å². The smallest absolute Gasteiger partial charge is 0.178 e. The summed E-state index contributed by atoms with van der Waals surface area (Å²) in [6.45, 7) is 5.05. The van der Waals surface area contributed by atoms with Gasteiger partial charge in [0.2, 0.25) is 0 Å². The van der Waals surface area contributed by atoms with Crippen LogP contribution in [0.2, 0.25) is 0 Å². The highest BCUT2D eigenvalue weighted by Gasteiger charge is 2.55. The zero-order valence-electron chi connectivity index (χ0n) is 27.0. The average molecular weight is 592 g/mol. The number of hydrogen-bond donors (Lipinski definition) is 0. The molecule has 45 heavy (non-hydrogen) atoms. The molecule has 3 unspecified atom stereocenters. The molecule has 3 nitrogen and oxygen atoms in total. The molecule has 1 aliphatic heterocycles. The average Bonchev–Trinajstić information content (AvgIpc) is 3.08. The van der Waals surface area contributed by atoms with E-state index in [-0.39, 0.29) is 10.8 Å². The third-order valence-electron chi connectivity index (χ3n) is 11.4. The molecule has 1 fully saturated rings. The number of hydrogen-bond acceptors (Lipinski definition) is 3. The van der Waals surface area contributed by atoms with Crippen molar-refractivity contribution in [1.29, 1.82) is 0 Å². The summed E-state index contributed by atoms with van der Waals surface area (Å²) in [6, 6.07) is 35.2. The second kappa shape index (κ2) is 10.0. The molecule has 0 bridgehead atoms. The highest BCUT2D eigenvalue weighted by Crippen LogP contribution is 2.64. The van der Waals surface area contributed by atoms with Crippen molar-refractivity contribution in [2.45, 2.75) is 56.0 Å². The van der Waals surface area contributed by atoms with Gasteiger partial charge in [0.25, 0.3) is 0 Å². The van der Waals surface area contributed by atoms with Crippen molar-refractivity contribution in [3.05, 3.63) is 131 Å². The third kappa shape index (κ3) is 3.83. The van der Waals surface area contributed by atoms with Gasteiger partial charge in [0.15, 0.2) is 5.60 Å². The molecular weight excluding hydrogens is 550 g/mol. The summed E-state index contributed by atoms with van der Waals surface area (Å²) in [7, 11) is 5.91. The molecular formula is C42H41NO2. The highest BCUT2D eigenvalue weighted by atomic mass is 16.5. The Labute approximate surface area is 267 Å². The summed E-state index contributed by atoms with van der Waals surface area (Å²) < 4.78 is 13.4. The molecule has 5 aromatic carbocycles. The van der Waals surface area contributed by atoms with E-state index in [1.165, 1.54) is 52.5 Å². The van der Waals surface area contributed by atoms with E-state index >= 15 is 0 Å². The van der Waals surface area contributed by atoms with Gasteiger partial charge >= 0.3 is 0 Å². The summed E-state index contributed by atoms with van der Waals surface area (Å²) in [5.74, 6) is 1.78. The molecule has 0 saturated heterocycles. The molecule has 1 saturated carbocycles. The van der Waals surface area contributed by atoms with Gasteiger partial charge in [0.05, 0.1) is 7.11 Å². The Hall–Kier alpha value is -4.50. The second-order valence-corrected chi connectivity index (χ2v) is 13.8. The van der Waals surface area contributed by atoms with E-state index in [9.17, 15) is 0 Å². The summed E-state index contributed by atoms with van der Waals surface area (Å²) in [5, 5.41) is 2.32. The Bertz CT molecular complexity index is 1970. The van der Waals surface area contributed by atoms with Crippen LogP contribution in [0.3, 0.4) is 0 Å². The van der Waals surface area contributed by atoms with Crippen molar-refractivity contribution in [2.75, 3.05) is 26.1 Å². The van der Waals surface area contributed by atoms with Gasteiger partial charge in [0.1, 0.15) is 11.5 Å². The van der Waals surface area contributed by atoms with Gasteiger partial charge in [-0.3, -0.25) is 0 Å². The molecule has 5 aromatic rings. The van der Waals surface area contributed by atoms with Crippen LogP contribution in [0.5, 0.6) is 11.5 Å². The first-order chi connectivity index (χ1) is 21.8. The van der Waals surface area contributed by atoms with Crippen molar-refractivity contribution in [1.82, 2.24) is 0 Å². The van der Waals surface area contributed by atoms with Crippen molar-refractivity contribution < 1.29 is 9.47 Å². The summed E-state index contributed by atoms with van der Waals surface area (Å²) >= 11 is 0. The van der Waals surface area contributed by atoms with Crippen molar-refractivity contribution >= 4 is 22.5 Å². The predicted octanol–water partition coefficient (Wildman–Crippen LogP) is 10.0. The van der Waals surface area contributed by atoms with Crippen molar-refractivity contribution in [2.24, 2.45) is 0 Å². The number of anilines is 1. The van der Waals surface area contributed by atoms with Crippen LogP contribution in [0.15, 0.2) is 103 Å². The highest BCUT2D eigenvalue weighted by molar-refractivity contribution is 6.07. The molecule has 0 aromatic heterocycles. The minimum absolute atomic E-state index is 0.0343. The zero-order valence-corrected chi connectivity index (χ0v) is 27.0. The Morgan fingerprint density at radius 1 is 0.733 bits per heavy atom. The monoisotopic (exact) mass is 591 g/mol. The van der Waals surface area contributed by atoms with Gasteiger partial charge in [-0.25, -0.2) is 0 Å². The van der Waals surface area contributed by atoms with E-state index in [1.54, 1.807) is 7.11 Å². The molecule has 0 amide bonds. The van der Waals surface area contributed by atoms with E-state index < -0.39 is 5.60 Å². The minimum Gasteiger partial charge on any atom is -0.497 e.